The Morgan fingerprint density at radius 1 is 1.25 bits per heavy atom. The van der Waals surface area contributed by atoms with Crippen LogP contribution in [0.1, 0.15) is 31.2 Å². The molecule has 1 saturated heterocycles. The van der Waals surface area contributed by atoms with E-state index in [9.17, 15) is 0 Å². The van der Waals surface area contributed by atoms with Gasteiger partial charge in [0.2, 0.25) is 0 Å². The molecule has 0 aliphatic carbocycles. The monoisotopic (exact) mass is 215 g/mol. The highest BCUT2D eigenvalue weighted by Gasteiger charge is 2.16. The first-order valence-electron chi connectivity index (χ1n) is 6.28. The minimum absolute atomic E-state index is 0.758. The normalized spacial score (nSPS) is 22.7. The van der Waals surface area contributed by atoms with Gasteiger partial charge >= 0.3 is 0 Å². The van der Waals surface area contributed by atoms with E-state index in [2.05, 4.69) is 54.4 Å². The topological polar surface area (TPSA) is 3.24 Å². The predicted molar refractivity (Wildman–Crippen MR) is 70.4 cm³/mol. The molecule has 0 aromatic heterocycles. The highest BCUT2D eigenvalue weighted by molar-refractivity contribution is 5.48. The maximum atomic E-state index is 2.50. The van der Waals surface area contributed by atoms with E-state index >= 15 is 0 Å². The van der Waals surface area contributed by atoms with Crippen molar-refractivity contribution in [1.82, 2.24) is 4.90 Å². The summed E-state index contributed by atoms with van der Waals surface area (Å²) in [6, 6.07) is 11.3. The molecule has 1 heterocycles. The molecule has 16 heavy (non-hydrogen) atoms. The summed E-state index contributed by atoms with van der Waals surface area (Å²) in [4.78, 5) is 2.50. The van der Waals surface area contributed by atoms with Crippen LogP contribution in [0.2, 0.25) is 0 Å². The van der Waals surface area contributed by atoms with Gasteiger partial charge < -0.3 is 4.90 Å². The molecular weight excluding hydrogens is 194 g/mol. The van der Waals surface area contributed by atoms with Crippen molar-refractivity contribution in [3.8, 4) is 0 Å². The highest BCUT2D eigenvalue weighted by Crippen LogP contribution is 2.18. The van der Waals surface area contributed by atoms with Crippen LogP contribution in [-0.4, -0.2) is 24.5 Å². The van der Waals surface area contributed by atoms with Crippen LogP contribution in [0, 0.1) is 0 Å². The summed E-state index contributed by atoms with van der Waals surface area (Å²) in [5.74, 6) is 0. The van der Waals surface area contributed by atoms with Gasteiger partial charge in [-0.15, -0.1) is 0 Å². The van der Waals surface area contributed by atoms with Crippen LogP contribution in [0.3, 0.4) is 0 Å². The van der Waals surface area contributed by atoms with Crippen molar-refractivity contribution in [2.24, 2.45) is 0 Å². The molecule has 0 bridgehead atoms. The van der Waals surface area contributed by atoms with E-state index in [1.165, 1.54) is 37.8 Å². The Bertz CT molecular complexity index is 329. The van der Waals surface area contributed by atoms with Gasteiger partial charge in [0.15, 0.2) is 0 Å². The van der Waals surface area contributed by atoms with Crippen molar-refractivity contribution in [3.63, 3.8) is 0 Å². The number of benzene rings is 1. The standard InChI is InChI=1S/C15H21N/c1-16-13-6-5-11-15(16)12-7-10-14-8-3-2-4-9-14/h2-4,7-10,15H,5-6,11-13H2,1H3/b10-7-. The molecule has 1 unspecified atom stereocenters. The Labute approximate surface area is 98.8 Å². The largest absolute Gasteiger partial charge is 0.303 e. The summed E-state index contributed by atoms with van der Waals surface area (Å²) in [7, 11) is 2.25. The van der Waals surface area contributed by atoms with Crippen LogP contribution in [0.15, 0.2) is 36.4 Å². The fourth-order valence-corrected chi connectivity index (χ4v) is 2.37. The van der Waals surface area contributed by atoms with Crippen molar-refractivity contribution in [2.75, 3.05) is 13.6 Å². The molecule has 0 N–H and O–H groups in total. The van der Waals surface area contributed by atoms with Gasteiger partial charge in [0.05, 0.1) is 0 Å². The number of likely N-dealkylation sites (tertiary alicyclic amines) is 1. The molecule has 0 spiro atoms. The fraction of sp³-hybridized carbons (Fsp3) is 0.467. The minimum atomic E-state index is 0.758. The Morgan fingerprint density at radius 3 is 2.81 bits per heavy atom. The molecule has 0 radical (unpaired) electrons. The van der Waals surface area contributed by atoms with Crippen molar-refractivity contribution >= 4 is 6.08 Å². The lowest BCUT2D eigenvalue weighted by molar-refractivity contribution is 0.187. The van der Waals surface area contributed by atoms with Crippen LogP contribution in [0.4, 0.5) is 0 Å². The lowest BCUT2D eigenvalue weighted by atomic mass is 9.99. The predicted octanol–water partition coefficient (Wildman–Crippen LogP) is 3.57. The summed E-state index contributed by atoms with van der Waals surface area (Å²) < 4.78 is 0. The van der Waals surface area contributed by atoms with Gasteiger partial charge in [-0.2, -0.15) is 0 Å². The average Bonchev–Trinajstić information content (AvgIpc) is 2.33. The summed E-state index contributed by atoms with van der Waals surface area (Å²) in [6.45, 7) is 1.27. The molecule has 1 nitrogen and oxygen atoms in total. The average molecular weight is 215 g/mol. The van der Waals surface area contributed by atoms with Gasteiger partial charge in [-0.25, -0.2) is 0 Å². The van der Waals surface area contributed by atoms with Gasteiger partial charge in [0.1, 0.15) is 0 Å². The zero-order chi connectivity index (χ0) is 11.2. The summed E-state index contributed by atoms with van der Waals surface area (Å²) in [5.41, 5.74) is 1.31. The van der Waals surface area contributed by atoms with Gasteiger partial charge in [-0.05, 0) is 38.4 Å². The molecule has 1 aliphatic rings. The van der Waals surface area contributed by atoms with E-state index in [4.69, 9.17) is 0 Å². The first-order chi connectivity index (χ1) is 7.86. The summed E-state index contributed by atoms with van der Waals surface area (Å²) in [5, 5.41) is 0. The van der Waals surface area contributed by atoms with E-state index in [-0.39, 0.29) is 0 Å². The summed E-state index contributed by atoms with van der Waals surface area (Å²) in [6.07, 6.45) is 9.87. The second-order valence-electron chi connectivity index (χ2n) is 4.68. The highest BCUT2D eigenvalue weighted by atomic mass is 15.1. The lowest BCUT2D eigenvalue weighted by Gasteiger charge is -2.31. The number of hydrogen-bond acceptors (Lipinski definition) is 1. The Balaban J connectivity index is 1.84. The van der Waals surface area contributed by atoms with Gasteiger partial charge in [-0.1, -0.05) is 48.9 Å². The van der Waals surface area contributed by atoms with Gasteiger partial charge in [-0.3, -0.25) is 0 Å². The quantitative estimate of drug-likeness (QED) is 0.745. The second kappa shape index (κ2) is 5.86. The number of rotatable bonds is 3. The van der Waals surface area contributed by atoms with Crippen molar-refractivity contribution in [3.05, 3.63) is 42.0 Å². The lowest BCUT2D eigenvalue weighted by Crippen LogP contribution is -2.35. The van der Waals surface area contributed by atoms with Crippen molar-refractivity contribution < 1.29 is 0 Å². The van der Waals surface area contributed by atoms with Crippen LogP contribution in [0.5, 0.6) is 0 Å². The molecule has 1 aromatic carbocycles. The Kier molecular flexibility index (Phi) is 4.17. The third-order valence-electron chi connectivity index (χ3n) is 3.44. The zero-order valence-electron chi connectivity index (χ0n) is 10.1. The first kappa shape index (κ1) is 11.4. The SMILES string of the molecule is CN1CCCCC1C/C=C\c1ccccc1. The van der Waals surface area contributed by atoms with Crippen LogP contribution in [-0.2, 0) is 0 Å². The van der Waals surface area contributed by atoms with Gasteiger partial charge in [0.25, 0.3) is 0 Å². The molecule has 1 aliphatic heterocycles. The maximum Gasteiger partial charge on any atom is 0.0127 e. The third-order valence-corrected chi connectivity index (χ3v) is 3.44. The smallest absolute Gasteiger partial charge is 0.0127 e. The maximum absolute atomic E-state index is 2.50. The Hall–Kier alpha value is -1.08. The molecule has 86 valence electrons. The molecule has 0 saturated carbocycles. The number of nitrogens with zero attached hydrogens (tertiary/aromatic N) is 1. The summed E-state index contributed by atoms with van der Waals surface area (Å²) >= 11 is 0. The van der Waals surface area contributed by atoms with Crippen LogP contribution < -0.4 is 0 Å². The van der Waals surface area contributed by atoms with E-state index in [1.54, 1.807) is 0 Å². The van der Waals surface area contributed by atoms with E-state index in [1.807, 2.05) is 0 Å². The number of hydrogen-bond donors (Lipinski definition) is 0. The molecule has 0 amide bonds. The molecule has 2 rings (SSSR count). The zero-order valence-corrected chi connectivity index (χ0v) is 10.1. The van der Waals surface area contributed by atoms with E-state index in [0.29, 0.717) is 0 Å². The van der Waals surface area contributed by atoms with Crippen molar-refractivity contribution in [2.45, 2.75) is 31.7 Å². The second-order valence-corrected chi connectivity index (χ2v) is 4.68. The number of piperidine rings is 1. The molecular formula is C15H21N. The third kappa shape index (κ3) is 3.21. The van der Waals surface area contributed by atoms with Gasteiger partial charge in [0, 0.05) is 6.04 Å². The fourth-order valence-electron chi connectivity index (χ4n) is 2.37. The molecule has 1 fully saturated rings. The van der Waals surface area contributed by atoms with Crippen LogP contribution >= 0.6 is 0 Å². The Morgan fingerprint density at radius 2 is 2.06 bits per heavy atom. The van der Waals surface area contributed by atoms with E-state index < -0.39 is 0 Å². The van der Waals surface area contributed by atoms with Crippen LogP contribution in [0.25, 0.3) is 6.08 Å². The molecule has 1 heteroatoms. The minimum Gasteiger partial charge on any atom is -0.303 e. The molecule has 1 atom stereocenters. The first-order valence-corrected chi connectivity index (χ1v) is 6.28. The molecule has 1 aromatic rings. The van der Waals surface area contributed by atoms with E-state index in [0.717, 1.165) is 6.04 Å². The van der Waals surface area contributed by atoms with Crippen molar-refractivity contribution in [1.29, 1.82) is 0 Å².